The van der Waals surface area contributed by atoms with Gasteiger partial charge in [-0.05, 0) is 60.7 Å². The van der Waals surface area contributed by atoms with Crippen molar-refractivity contribution in [2.45, 2.75) is 51.1 Å². The van der Waals surface area contributed by atoms with Crippen molar-refractivity contribution in [3.63, 3.8) is 0 Å². The summed E-state index contributed by atoms with van der Waals surface area (Å²) in [6, 6.07) is 13.3. The Kier molecular flexibility index (Phi) is 5.42. The average molecular weight is 342 g/mol. The van der Waals surface area contributed by atoms with E-state index in [1.807, 2.05) is 19.1 Å². The molecule has 1 saturated heterocycles. The highest BCUT2D eigenvalue weighted by Gasteiger charge is 2.28. The molecule has 3 rings (SSSR count). The van der Waals surface area contributed by atoms with Crippen LogP contribution in [0.5, 0.6) is 5.75 Å². The summed E-state index contributed by atoms with van der Waals surface area (Å²) in [5.41, 5.74) is 4.25. The number of aliphatic hydroxyl groups is 1. The Bertz CT molecular complexity index is 700. The molecule has 0 aromatic heterocycles. The number of benzene rings is 2. The SMILES string of the molecule is COC(c1ccc(O)cc1)c1cc(C2CC(O)CC(C)O2)ccc1C. The van der Waals surface area contributed by atoms with E-state index < -0.39 is 0 Å². The second kappa shape index (κ2) is 7.56. The van der Waals surface area contributed by atoms with Gasteiger partial charge in [-0.1, -0.05) is 24.3 Å². The smallest absolute Gasteiger partial charge is 0.115 e. The van der Waals surface area contributed by atoms with Crippen molar-refractivity contribution in [3.05, 3.63) is 64.7 Å². The Hall–Kier alpha value is -1.88. The van der Waals surface area contributed by atoms with Gasteiger partial charge in [-0.2, -0.15) is 0 Å². The fraction of sp³-hybridized carbons (Fsp3) is 0.429. The van der Waals surface area contributed by atoms with Gasteiger partial charge in [0.1, 0.15) is 11.9 Å². The van der Waals surface area contributed by atoms with Crippen molar-refractivity contribution in [2.24, 2.45) is 0 Å². The van der Waals surface area contributed by atoms with Gasteiger partial charge in [-0.3, -0.25) is 0 Å². The molecule has 4 atom stereocenters. The molecule has 2 aromatic rings. The number of rotatable bonds is 4. The van der Waals surface area contributed by atoms with Gasteiger partial charge in [0.15, 0.2) is 0 Å². The maximum atomic E-state index is 10.1. The molecule has 134 valence electrons. The van der Waals surface area contributed by atoms with E-state index in [2.05, 4.69) is 25.1 Å². The summed E-state index contributed by atoms with van der Waals surface area (Å²) in [5.74, 6) is 0.239. The Morgan fingerprint density at radius 3 is 2.48 bits per heavy atom. The summed E-state index contributed by atoms with van der Waals surface area (Å²) in [6.45, 7) is 4.06. The number of aromatic hydroxyl groups is 1. The minimum absolute atomic E-state index is 0.0498. The number of ether oxygens (including phenoxy) is 2. The highest BCUT2D eigenvalue weighted by molar-refractivity contribution is 5.40. The first-order valence-corrected chi connectivity index (χ1v) is 8.73. The molecule has 4 unspecified atom stereocenters. The topological polar surface area (TPSA) is 58.9 Å². The van der Waals surface area contributed by atoms with E-state index in [-0.39, 0.29) is 30.2 Å². The molecular formula is C21H26O4. The molecule has 0 saturated carbocycles. The van der Waals surface area contributed by atoms with E-state index in [1.165, 1.54) is 0 Å². The molecule has 1 fully saturated rings. The van der Waals surface area contributed by atoms with Gasteiger partial charge < -0.3 is 19.7 Å². The molecule has 1 aliphatic rings. The summed E-state index contributed by atoms with van der Waals surface area (Å²) < 4.78 is 11.8. The van der Waals surface area contributed by atoms with Gasteiger partial charge in [0, 0.05) is 13.5 Å². The lowest BCUT2D eigenvalue weighted by molar-refractivity contribution is -0.0896. The highest BCUT2D eigenvalue weighted by Crippen LogP contribution is 2.35. The first-order chi connectivity index (χ1) is 12.0. The molecule has 4 nitrogen and oxygen atoms in total. The molecule has 2 N–H and O–H groups in total. The predicted molar refractivity (Wildman–Crippen MR) is 96.7 cm³/mol. The minimum atomic E-state index is -0.325. The zero-order valence-electron chi connectivity index (χ0n) is 15.0. The van der Waals surface area contributed by atoms with Crippen molar-refractivity contribution < 1.29 is 19.7 Å². The third-order valence-electron chi connectivity index (χ3n) is 4.88. The van der Waals surface area contributed by atoms with E-state index in [9.17, 15) is 10.2 Å². The maximum absolute atomic E-state index is 10.1. The Morgan fingerprint density at radius 1 is 1.12 bits per heavy atom. The molecule has 0 radical (unpaired) electrons. The van der Waals surface area contributed by atoms with E-state index in [1.54, 1.807) is 19.2 Å². The lowest BCUT2D eigenvalue weighted by atomic mass is 9.91. The quantitative estimate of drug-likeness (QED) is 0.880. The number of hydrogen-bond donors (Lipinski definition) is 2. The molecule has 4 heteroatoms. The Morgan fingerprint density at radius 2 is 1.84 bits per heavy atom. The largest absolute Gasteiger partial charge is 0.508 e. The summed E-state index contributed by atoms with van der Waals surface area (Å²) in [4.78, 5) is 0. The Labute approximate surface area is 149 Å². The van der Waals surface area contributed by atoms with Crippen LogP contribution >= 0.6 is 0 Å². The van der Waals surface area contributed by atoms with E-state index >= 15 is 0 Å². The molecule has 2 aromatic carbocycles. The standard InChI is InChI=1S/C21H26O4/c1-13-4-5-16(20-12-18(23)10-14(2)25-20)11-19(13)21(24-3)15-6-8-17(22)9-7-15/h4-9,11,14,18,20-23H,10,12H2,1-3H3. The van der Waals surface area contributed by atoms with Crippen molar-refractivity contribution >= 4 is 0 Å². The number of aryl methyl sites for hydroxylation is 1. The lowest BCUT2D eigenvalue weighted by Gasteiger charge is -2.32. The number of methoxy groups -OCH3 is 1. The van der Waals surface area contributed by atoms with Gasteiger partial charge >= 0.3 is 0 Å². The van der Waals surface area contributed by atoms with E-state index in [0.717, 1.165) is 22.3 Å². The fourth-order valence-corrected chi connectivity index (χ4v) is 3.57. The molecule has 25 heavy (non-hydrogen) atoms. The van der Waals surface area contributed by atoms with E-state index in [0.29, 0.717) is 12.8 Å². The summed E-state index contributed by atoms with van der Waals surface area (Å²) in [6.07, 6.45) is 0.706. The fourth-order valence-electron chi connectivity index (χ4n) is 3.57. The highest BCUT2D eigenvalue weighted by atomic mass is 16.5. The van der Waals surface area contributed by atoms with Crippen LogP contribution in [0.2, 0.25) is 0 Å². The first kappa shape index (κ1) is 17.9. The number of phenols is 1. The van der Waals surface area contributed by atoms with Crippen molar-refractivity contribution in [1.29, 1.82) is 0 Å². The molecule has 1 heterocycles. The second-order valence-corrected chi connectivity index (χ2v) is 6.88. The number of phenolic OH excluding ortho intramolecular Hbond substituents is 1. The van der Waals surface area contributed by atoms with Crippen LogP contribution in [0.1, 0.15) is 54.2 Å². The molecule has 0 amide bonds. The monoisotopic (exact) mass is 342 g/mol. The summed E-state index contributed by atoms with van der Waals surface area (Å²) in [7, 11) is 1.69. The minimum Gasteiger partial charge on any atom is -0.508 e. The first-order valence-electron chi connectivity index (χ1n) is 8.73. The predicted octanol–water partition coefficient (Wildman–Crippen LogP) is 4.04. The van der Waals surface area contributed by atoms with Gasteiger partial charge in [0.2, 0.25) is 0 Å². The van der Waals surface area contributed by atoms with Crippen LogP contribution < -0.4 is 0 Å². The van der Waals surface area contributed by atoms with Crippen LogP contribution in [0.3, 0.4) is 0 Å². The Balaban J connectivity index is 1.94. The van der Waals surface area contributed by atoms with Crippen LogP contribution in [0.15, 0.2) is 42.5 Å². The van der Waals surface area contributed by atoms with E-state index in [4.69, 9.17) is 9.47 Å². The average Bonchev–Trinajstić information content (AvgIpc) is 2.58. The third kappa shape index (κ3) is 4.03. The van der Waals surface area contributed by atoms with Crippen LogP contribution in [0.25, 0.3) is 0 Å². The summed E-state index contributed by atoms with van der Waals surface area (Å²) >= 11 is 0. The molecule has 0 bridgehead atoms. The number of hydrogen-bond acceptors (Lipinski definition) is 4. The van der Waals surface area contributed by atoms with Crippen LogP contribution in [0.4, 0.5) is 0 Å². The van der Waals surface area contributed by atoms with Crippen LogP contribution in [-0.4, -0.2) is 29.5 Å². The molecule has 0 spiro atoms. The van der Waals surface area contributed by atoms with Crippen molar-refractivity contribution in [2.75, 3.05) is 7.11 Å². The normalized spacial score (nSPS) is 24.9. The third-order valence-corrected chi connectivity index (χ3v) is 4.88. The van der Waals surface area contributed by atoms with Crippen molar-refractivity contribution in [3.8, 4) is 5.75 Å². The molecule has 1 aliphatic heterocycles. The lowest BCUT2D eigenvalue weighted by Crippen LogP contribution is -2.29. The van der Waals surface area contributed by atoms with Crippen LogP contribution in [0, 0.1) is 6.92 Å². The molecule has 0 aliphatic carbocycles. The second-order valence-electron chi connectivity index (χ2n) is 6.88. The van der Waals surface area contributed by atoms with Gasteiger partial charge in [0.25, 0.3) is 0 Å². The van der Waals surface area contributed by atoms with Crippen molar-refractivity contribution in [1.82, 2.24) is 0 Å². The van der Waals surface area contributed by atoms with Gasteiger partial charge in [-0.25, -0.2) is 0 Å². The maximum Gasteiger partial charge on any atom is 0.115 e. The van der Waals surface area contributed by atoms with Gasteiger partial charge in [-0.15, -0.1) is 0 Å². The molecular weight excluding hydrogens is 316 g/mol. The van der Waals surface area contributed by atoms with Gasteiger partial charge in [0.05, 0.1) is 18.3 Å². The zero-order valence-corrected chi connectivity index (χ0v) is 15.0. The van der Waals surface area contributed by atoms with Crippen LogP contribution in [-0.2, 0) is 9.47 Å². The zero-order chi connectivity index (χ0) is 18.0. The number of aliphatic hydroxyl groups excluding tert-OH is 1. The summed E-state index contributed by atoms with van der Waals surface area (Å²) in [5, 5.41) is 19.6.